The summed E-state index contributed by atoms with van der Waals surface area (Å²) in [5.41, 5.74) is 3.05. The molecule has 35 atom stereocenters. The van der Waals surface area contributed by atoms with Crippen molar-refractivity contribution in [3.63, 3.8) is 0 Å². The van der Waals surface area contributed by atoms with E-state index in [1.807, 2.05) is 48.5 Å². The predicted molar refractivity (Wildman–Crippen MR) is 290 cm³/mol. The first kappa shape index (κ1) is 69.4. The number of rotatable bonds is 5. The summed E-state index contributed by atoms with van der Waals surface area (Å²) in [5, 5.41) is 223. The Morgan fingerprint density at radius 2 is 0.451 bits per heavy atom. The molecule has 35 heteroatoms. The van der Waals surface area contributed by atoms with Crippen LogP contribution in [0.15, 0.2) is 48.5 Å². The van der Waals surface area contributed by atoms with E-state index < -0.39 is 248 Å². The monoisotopic (exact) mass is 1310 g/mol. The van der Waals surface area contributed by atoms with Crippen LogP contribution < -0.4 is 10.6 Å². The molecular formula is C56H82N2O33. The topological polar surface area (TPSA) is 538 Å². The van der Waals surface area contributed by atoms with Crippen LogP contribution in [0.1, 0.15) is 11.1 Å². The van der Waals surface area contributed by atoms with Gasteiger partial charge in [-0.3, -0.25) is 0 Å². The molecule has 20 bridgehead atoms. The van der Waals surface area contributed by atoms with Crippen LogP contribution in [0.3, 0.4) is 0 Å². The van der Waals surface area contributed by atoms with Crippen LogP contribution in [-0.4, -0.2) is 358 Å². The van der Waals surface area contributed by atoms with Crippen molar-refractivity contribution in [2.24, 2.45) is 0 Å². The van der Waals surface area contributed by atoms with E-state index in [1.165, 1.54) is 0 Å². The molecule has 21 N–H and O–H groups in total. The normalized spacial score (nSPS) is 49.6. The first-order valence-electron chi connectivity index (χ1n) is 30.0. The molecule has 32 rings (SSSR count). The Morgan fingerprint density at radius 1 is 0.253 bits per heavy atom. The van der Waals surface area contributed by atoms with Crippen LogP contribution in [0.4, 0.5) is 0 Å². The fraction of sp³-hybridized carbons (Fsp3) is 0.786. The Hall–Kier alpha value is -2.96. The Morgan fingerprint density at radius 3 is 0.670 bits per heavy atom. The van der Waals surface area contributed by atoms with E-state index in [0.29, 0.717) is 0 Å². The van der Waals surface area contributed by atoms with Gasteiger partial charge in [0.2, 0.25) is 0 Å². The molecule has 16 saturated heterocycles. The van der Waals surface area contributed by atoms with E-state index in [-0.39, 0.29) is 26.2 Å². The lowest BCUT2D eigenvalue weighted by atomic mass is 9.95. The van der Waals surface area contributed by atoms with Gasteiger partial charge >= 0.3 is 0 Å². The molecule has 514 valence electrons. The Labute approximate surface area is 517 Å². The van der Waals surface area contributed by atoms with E-state index in [4.69, 9.17) is 66.3 Å². The van der Waals surface area contributed by atoms with Crippen molar-refractivity contribution in [2.45, 2.75) is 228 Å². The summed E-state index contributed by atoms with van der Waals surface area (Å²) in [7, 11) is 0. The average Bonchev–Trinajstić information content (AvgIpc) is 0.874. The van der Waals surface area contributed by atoms with Crippen LogP contribution in [0.2, 0.25) is 0 Å². The molecule has 30 aliphatic rings. The number of aliphatic hydroxyl groups excluding tert-OH is 19. The summed E-state index contributed by atoms with van der Waals surface area (Å²) in [6, 6.07) is 14.7. The number of nitrogens with one attached hydrogen (secondary N) is 2. The molecule has 0 radical (unpaired) electrons. The van der Waals surface area contributed by atoms with Gasteiger partial charge in [0.15, 0.2) is 44.0 Å². The van der Waals surface area contributed by atoms with E-state index in [0.717, 1.165) is 22.3 Å². The number of hydrogen-bond acceptors (Lipinski definition) is 35. The molecule has 30 heterocycles. The third-order valence-corrected chi connectivity index (χ3v) is 18.0. The van der Waals surface area contributed by atoms with Gasteiger partial charge in [-0.2, -0.15) is 0 Å². The average molecular weight is 1310 g/mol. The lowest BCUT2D eigenvalue weighted by Gasteiger charge is -2.50. The first-order chi connectivity index (χ1) is 43.7. The van der Waals surface area contributed by atoms with Crippen molar-refractivity contribution in [3.05, 3.63) is 59.7 Å². The zero-order valence-corrected chi connectivity index (χ0v) is 48.4. The molecule has 30 aliphatic heterocycles. The lowest BCUT2D eigenvalue weighted by molar-refractivity contribution is -0.395. The molecule has 14 unspecified atom stereocenters. The fourth-order valence-electron chi connectivity index (χ4n) is 12.8. The maximum absolute atomic E-state index is 12.0. The van der Waals surface area contributed by atoms with E-state index in [9.17, 15) is 97.0 Å². The van der Waals surface area contributed by atoms with E-state index in [2.05, 4.69) is 10.6 Å². The number of benzene rings is 2. The van der Waals surface area contributed by atoms with Crippen LogP contribution in [0.5, 0.6) is 0 Å². The number of hydrogen-bond donors (Lipinski definition) is 21. The minimum absolute atomic E-state index is 0.119. The smallest absolute Gasteiger partial charge is 0.187 e. The molecule has 91 heavy (non-hydrogen) atoms. The minimum atomic E-state index is -2.19. The quantitative estimate of drug-likeness (QED) is 0.132. The van der Waals surface area contributed by atoms with Gasteiger partial charge in [-0.05, 0) is 22.3 Å². The largest absolute Gasteiger partial charge is 0.394 e. The van der Waals surface area contributed by atoms with Gasteiger partial charge in [0.05, 0.1) is 33.0 Å². The molecule has 16 fully saturated rings. The van der Waals surface area contributed by atoms with Gasteiger partial charge in [-0.1, -0.05) is 48.5 Å². The Balaban J connectivity index is 0.968. The maximum Gasteiger partial charge on any atom is 0.187 e. The first-order valence-corrected chi connectivity index (χ1v) is 30.0. The highest BCUT2D eigenvalue weighted by atomic mass is 16.8. The van der Waals surface area contributed by atoms with Crippen molar-refractivity contribution < 1.29 is 163 Å². The summed E-state index contributed by atoms with van der Waals surface area (Å²) in [4.78, 5) is 0. The molecular weight excluding hydrogens is 1230 g/mol. The van der Waals surface area contributed by atoms with Crippen molar-refractivity contribution in [3.8, 4) is 11.1 Å². The van der Waals surface area contributed by atoms with Crippen molar-refractivity contribution in [2.75, 3.05) is 46.1 Å². The van der Waals surface area contributed by atoms with Crippen molar-refractivity contribution in [1.29, 1.82) is 0 Å². The van der Waals surface area contributed by atoms with Gasteiger partial charge < -0.3 is 174 Å². The zero-order valence-electron chi connectivity index (χ0n) is 48.4. The van der Waals surface area contributed by atoms with Gasteiger partial charge in [-0.15, -0.1) is 0 Å². The van der Waals surface area contributed by atoms with Gasteiger partial charge in [0, 0.05) is 26.2 Å². The zero-order chi connectivity index (χ0) is 64.9. The predicted octanol–water partition coefficient (Wildman–Crippen LogP) is -11.7. The highest BCUT2D eigenvalue weighted by Gasteiger charge is 2.59. The van der Waals surface area contributed by atoms with Crippen LogP contribution in [0.25, 0.3) is 11.1 Å². The molecule has 0 amide bonds. The highest BCUT2D eigenvalue weighted by Crippen LogP contribution is 2.39. The summed E-state index contributed by atoms with van der Waals surface area (Å²) in [5.74, 6) is 0. The van der Waals surface area contributed by atoms with Crippen molar-refractivity contribution >= 4 is 0 Å². The lowest BCUT2D eigenvalue weighted by Crippen LogP contribution is -2.68. The number of aliphatic hydroxyl groups is 19. The number of ether oxygens (including phenoxy) is 14. The second-order valence-electron chi connectivity index (χ2n) is 23.9. The van der Waals surface area contributed by atoms with Crippen LogP contribution in [-0.2, 0) is 79.4 Å². The van der Waals surface area contributed by atoms with Gasteiger partial charge in [0.25, 0.3) is 0 Å². The van der Waals surface area contributed by atoms with Crippen LogP contribution >= 0.6 is 0 Å². The summed E-state index contributed by atoms with van der Waals surface area (Å²) >= 11 is 0. The molecule has 35 nitrogen and oxygen atoms in total. The second kappa shape index (κ2) is 29.8. The summed E-state index contributed by atoms with van der Waals surface area (Å²) in [6.45, 7) is -5.39. The van der Waals surface area contributed by atoms with Crippen molar-refractivity contribution in [1.82, 2.24) is 10.6 Å². The molecule has 0 aromatic heterocycles. The summed E-state index contributed by atoms with van der Waals surface area (Å²) < 4.78 is 83.6. The minimum Gasteiger partial charge on any atom is -0.394 e. The Kier molecular flexibility index (Phi) is 22.7. The molecule has 2 aromatic rings. The van der Waals surface area contributed by atoms with Crippen LogP contribution in [0, 0.1) is 0 Å². The molecule has 2 aromatic carbocycles. The van der Waals surface area contributed by atoms with Gasteiger partial charge in [-0.25, -0.2) is 0 Å². The molecule has 0 aliphatic carbocycles. The third-order valence-electron chi connectivity index (χ3n) is 18.0. The Bertz CT molecular complexity index is 2600. The third kappa shape index (κ3) is 14.1. The SMILES string of the molecule is OC[C@H]1O[C@@H]2O[C@H]3C(O)C(O)[C@@H]4O[C@@H]3CNCc3ccc(cc3)-c3ccc(cc3)CNC[C@H]3O[C@H](O[C@H]5C(O)C(O)[C@H](O[C@@H]5CO)O[C@H]5C(O)C(O)[C@H](O[C@@H]5CO)O[C@H]1C(O)C2O)C(O)C(O)[C@@H]3O[C@@H]1O[C@H](CO)[C@@H](O[C@H]2O[C@H](CO)[C@@H](O4)C(O)C2O)C(O)C1O. The molecule has 0 spiro atoms. The van der Waals surface area contributed by atoms with Gasteiger partial charge in [0.1, 0.15) is 171 Å². The standard InChI is InChI=1S/C56H82N2O33/c59-13-24-45-33(68)40(75)54(82-24)89-47-26(15-61)80-52(38(73)31(47)66)85-43-22-11-57-9-18-1-5-20(6-2-18)21-7-3-19(4-8-21)10-58-12-23-44(29(64)36(71)50(78-23)87-45)86-53-39(74)32(67)48(27(16-62)81-53)90-56-42(77)35(70)49(28(17-63)84-56)91-55-41(76)34(69)46(25(14-60)83-55)88-51(79-22)37(72)30(43)65/h1-8,22-77H,9-17H2/t22-,23-,24-,25-,26-,27-,28-,29?,30?,31?,32?,33?,34?,35?,36?,37?,38?,39?,40?,41?,42?,43-,44-,45-,46-,47-,48-,49-,50-,51-,52+,53-,54-,55-,56-/m1/s1. The fourth-order valence-corrected chi connectivity index (χ4v) is 12.8. The summed E-state index contributed by atoms with van der Waals surface area (Å²) in [6.07, 6.45) is -68.4. The van der Waals surface area contributed by atoms with E-state index >= 15 is 0 Å². The highest BCUT2D eigenvalue weighted by molar-refractivity contribution is 5.64. The van der Waals surface area contributed by atoms with E-state index in [1.54, 1.807) is 0 Å². The second-order valence-corrected chi connectivity index (χ2v) is 23.9. The molecule has 0 saturated carbocycles. The maximum atomic E-state index is 12.0.